The summed E-state index contributed by atoms with van der Waals surface area (Å²) in [6, 6.07) is 26.2. The predicted molar refractivity (Wildman–Crippen MR) is 122 cm³/mol. The molecule has 168 valence electrons. The number of para-hydroxylation sites is 1. The molecule has 0 spiro atoms. The Kier molecular flexibility index (Phi) is 6.83. The summed E-state index contributed by atoms with van der Waals surface area (Å²) in [5.41, 5.74) is 1.59. The minimum absolute atomic E-state index is 0.298. The summed E-state index contributed by atoms with van der Waals surface area (Å²) in [6.45, 7) is 1.74. The second kappa shape index (κ2) is 10.1. The molecular weight excluding hydrogens is 418 g/mol. The average Bonchev–Trinajstić information content (AvgIpc) is 2.85. The van der Waals surface area contributed by atoms with Crippen LogP contribution in [0.25, 0.3) is 0 Å². The number of likely N-dealkylation sites (tertiary alicyclic amines) is 1. The topological polar surface area (TPSA) is 72.9 Å². The molecule has 0 N–H and O–H groups in total. The Balaban J connectivity index is 1.59. The van der Waals surface area contributed by atoms with Crippen LogP contribution in [0.5, 0.6) is 5.75 Å². The predicted octanol–water partition coefficient (Wildman–Crippen LogP) is 5.15. The summed E-state index contributed by atoms with van der Waals surface area (Å²) < 4.78 is 11.3. The lowest BCUT2D eigenvalue weighted by atomic mass is 9.93. The summed E-state index contributed by atoms with van der Waals surface area (Å²) in [5, 5.41) is 0. The number of hydrogen-bond acceptors (Lipinski definition) is 5. The van der Waals surface area contributed by atoms with Gasteiger partial charge in [-0.15, -0.1) is 0 Å². The van der Waals surface area contributed by atoms with Gasteiger partial charge in [-0.25, -0.2) is 14.5 Å². The number of benzene rings is 3. The molecule has 0 aromatic heterocycles. The highest BCUT2D eigenvalue weighted by atomic mass is 16.6. The van der Waals surface area contributed by atoms with Gasteiger partial charge in [0.25, 0.3) is 0 Å². The summed E-state index contributed by atoms with van der Waals surface area (Å²) in [4.78, 5) is 40.1. The molecule has 0 aliphatic carbocycles. The molecule has 0 bridgehead atoms. The fraction of sp³-hybridized carbons (Fsp3) is 0.222. The van der Waals surface area contributed by atoms with E-state index in [1.165, 1.54) is 0 Å². The van der Waals surface area contributed by atoms with E-state index in [0.717, 1.165) is 16.0 Å². The maximum atomic E-state index is 13.4. The molecule has 1 saturated heterocycles. The number of amides is 2. The first-order valence-electron chi connectivity index (χ1n) is 10.9. The quantitative estimate of drug-likeness (QED) is 0.510. The van der Waals surface area contributed by atoms with Gasteiger partial charge >= 0.3 is 12.1 Å². The molecule has 0 radical (unpaired) electrons. The highest BCUT2D eigenvalue weighted by molar-refractivity contribution is 5.99. The lowest BCUT2D eigenvalue weighted by Gasteiger charge is -2.35. The molecule has 4 rings (SSSR count). The third-order valence-corrected chi connectivity index (χ3v) is 5.70. The van der Waals surface area contributed by atoms with Crippen molar-refractivity contribution >= 4 is 18.0 Å². The number of imide groups is 1. The van der Waals surface area contributed by atoms with Gasteiger partial charge in [0.05, 0.1) is 0 Å². The molecule has 1 fully saturated rings. The lowest BCUT2D eigenvalue weighted by molar-refractivity contribution is -0.160. The summed E-state index contributed by atoms with van der Waals surface area (Å²) in [7, 11) is 0. The zero-order valence-electron chi connectivity index (χ0n) is 18.3. The van der Waals surface area contributed by atoms with Crippen molar-refractivity contribution in [3.63, 3.8) is 0 Å². The van der Waals surface area contributed by atoms with Gasteiger partial charge in [-0.05, 0) is 36.1 Å². The van der Waals surface area contributed by atoms with Gasteiger partial charge in [0.1, 0.15) is 11.8 Å². The molecule has 1 aliphatic heterocycles. The third-order valence-electron chi connectivity index (χ3n) is 5.70. The standard InChI is InChI=1S/C27H25NO5/c1-19-17-18-23(28(25(19)29)27(31)32-22-15-9-4-10-16-22)26(30)33-24(20-11-5-2-6-12-20)21-13-7-3-8-14-21/h2-16,19,23-24H,17-18H2,1H3/t19-,23+/m1/s1. The molecule has 1 heterocycles. The van der Waals surface area contributed by atoms with E-state index in [1.54, 1.807) is 37.3 Å². The average molecular weight is 443 g/mol. The highest BCUT2D eigenvalue weighted by Crippen LogP contribution is 2.30. The first-order valence-corrected chi connectivity index (χ1v) is 10.9. The van der Waals surface area contributed by atoms with E-state index in [2.05, 4.69) is 0 Å². The van der Waals surface area contributed by atoms with Crippen LogP contribution in [0.4, 0.5) is 4.79 Å². The zero-order valence-corrected chi connectivity index (χ0v) is 18.3. The first kappa shape index (κ1) is 22.3. The van der Waals surface area contributed by atoms with Crippen molar-refractivity contribution in [3.8, 4) is 5.75 Å². The van der Waals surface area contributed by atoms with Crippen LogP contribution >= 0.6 is 0 Å². The third kappa shape index (κ3) is 5.12. The zero-order chi connectivity index (χ0) is 23.2. The van der Waals surface area contributed by atoms with Gasteiger partial charge in [0.15, 0.2) is 6.10 Å². The summed E-state index contributed by atoms with van der Waals surface area (Å²) in [6.07, 6.45) is -0.752. The van der Waals surface area contributed by atoms with E-state index in [9.17, 15) is 14.4 Å². The largest absolute Gasteiger partial charge is 0.451 e. The molecule has 2 amide bonds. The Morgan fingerprint density at radius 1 is 0.818 bits per heavy atom. The lowest BCUT2D eigenvalue weighted by Crippen LogP contribution is -2.55. The van der Waals surface area contributed by atoms with Crippen LogP contribution in [0.3, 0.4) is 0 Å². The smallest absolute Gasteiger partial charge is 0.422 e. The molecule has 3 aromatic rings. The number of esters is 1. The molecule has 6 nitrogen and oxygen atoms in total. The number of ether oxygens (including phenoxy) is 2. The minimum Gasteiger partial charge on any atom is -0.451 e. The Morgan fingerprint density at radius 2 is 1.33 bits per heavy atom. The number of rotatable bonds is 5. The molecule has 33 heavy (non-hydrogen) atoms. The molecule has 3 aromatic carbocycles. The van der Waals surface area contributed by atoms with Crippen LogP contribution in [0.1, 0.15) is 37.0 Å². The van der Waals surface area contributed by atoms with Gasteiger partial charge in [-0.2, -0.15) is 0 Å². The van der Waals surface area contributed by atoms with Gasteiger partial charge < -0.3 is 9.47 Å². The van der Waals surface area contributed by atoms with Crippen molar-refractivity contribution in [3.05, 3.63) is 102 Å². The fourth-order valence-corrected chi connectivity index (χ4v) is 3.91. The van der Waals surface area contributed by atoms with E-state index in [4.69, 9.17) is 9.47 Å². The first-order chi connectivity index (χ1) is 16.0. The molecule has 2 atom stereocenters. The van der Waals surface area contributed by atoms with Gasteiger partial charge in [-0.1, -0.05) is 85.8 Å². The number of carbonyl (C=O) groups excluding carboxylic acids is 3. The fourth-order valence-electron chi connectivity index (χ4n) is 3.91. The monoisotopic (exact) mass is 443 g/mol. The number of carbonyl (C=O) groups is 3. The Hall–Kier alpha value is -3.93. The van der Waals surface area contributed by atoms with Crippen LogP contribution < -0.4 is 4.74 Å². The Bertz CT molecular complexity index is 1060. The minimum atomic E-state index is -1.06. The van der Waals surface area contributed by atoms with Crippen LogP contribution in [0.15, 0.2) is 91.0 Å². The van der Waals surface area contributed by atoms with E-state index in [-0.39, 0.29) is 0 Å². The molecule has 6 heteroatoms. The van der Waals surface area contributed by atoms with Gasteiger partial charge in [0.2, 0.25) is 5.91 Å². The van der Waals surface area contributed by atoms with Gasteiger partial charge in [0, 0.05) is 5.92 Å². The maximum absolute atomic E-state index is 13.4. The molecular formula is C27H25NO5. The highest BCUT2D eigenvalue weighted by Gasteiger charge is 2.43. The normalized spacial score (nSPS) is 18.1. The number of piperidine rings is 1. The summed E-state index contributed by atoms with van der Waals surface area (Å²) >= 11 is 0. The second-order valence-corrected chi connectivity index (χ2v) is 8.02. The summed E-state index contributed by atoms with van der Waals surface area (Å²) in [5.74, 6) is -1.18. The molecule has 0 saturated carbocycles. The Labute approximate surface area is 192 Å². The van der Waals surface area contributed by atoms with E-state index in [1.807, 2.05) is 60.7 Å². The van der Waals surface area contributed by atoms with Crippen LogP contribution in [-0.2, 0) is 14.3 Å². The van der Waals surface area contributed by atoms with Crippen molar-refractivity contribution in [1.82, 2.24) is 4.90 Å². The molecule has 1 aliphatic rings. The molecule has 0 unspecified atom stereocenters. The van der Waals surface area contributed by atoms with Crippen LogP contribution in [0, 0.1) is 5.92 Å². The van der Waals surface area contributed by atoms with Crippen molar-refractivity contribution < 1.29 is 23.9 Å². The van der Waals surface area contributed by atoms with E-state index >= 15 is 0 Å². The maximum Gasteiger partial charge on any atom is 0.422 e. The second-order valence-electron chi connectivity index (χ2n) is 8.02. The van der Waals surface area contributed by atoms with Crippen molar-refractivity contribution in [2.24, 2.45) is 5.92 Å². The van der Waals surface area contributed by atoms with Crippen molar-refractivity contribution in [2.75, 3.05) is 0 Å². The number of hydrogen-bond donors (Lipinski definition) is 0. The van der Waals surface area contributed by atoms with Crippen molar-refractivity contribution in [1.29, 1.82) is 0 Å². The SMILES string of the molecule is C[C@@H]1CC[C@@H](C(=O)OC(c2ccccc2)c2ccccc2)N(C(=O)Oc2ccccc2)C1=O. The van der Waals surface area contributed by atoms with Gasteiger partial charge in [-0.3, -0.25) is 4.79 Å². The Morgan fingerprint density at radius 3 is 1.88 bits per heavy atom. The van der Waals surface area contributed by atoms with E-state index in [0.29, 0.717) is 18.6 Å². The van der Waals surface area contributed by atoms with E-state index < -0.39 is 36.0 Å². The van der Waals surface area contributed by atoms with Crippen LogP contribution in [0.2, 0.25) is 0 Å². The van der Waals surface area contributed by atoms with Crippen LogP contribution in [-0.4, -0.2) is 28.9 Å². The van der Waals surface area contributed by atoms with Crippen molar-refractivity contribution in [2.45, 2.75) is 31.9 Å². The number of nitrogens with zero attached hydrogens (tertiary/aromatic N) is 1.